The molecule has 1 aliphatic rings. The summed E-state index contributed by atoms with van der Waals surface area (Å²) < 4.78 is 55.5. The summed E-state index contributed by atoms with van der Waals surface area (Å²) in [4.78, 5) is 10.2. The molecule has 26 heavy (non-hydrogen) atoms. The third kappa shape index (κ3) is 3.93. The van der Waals surface area contributed by atoms with Crippen LogP contribution in [0.4, 0.5) is 10.2 Å². The number of benzene rings is 1. The molecule has 2 aromatic heterocycles. The standard InChI is InChI=1S/C18H17Cl2FN4S/c19-14-7-11(1-2-15(14)21)9-25-5-3-12(4-6-25)24-17-13-8-16(20)26-18(13)23-10-22-17/h1-2,7-8,10,12H,3-6,9H2,(H,22,23,24)/i8D,9D,10D,12D/hD. The molecular weight excluding hydrogens is 394 g/mol. The first-order valence-electron chi connectivity index (χ1n) is 10.5. The molecule has 1 N–H and O–H groups in total. The quantitative estimate of drug-likeness (QED) is 0.634. The second-order valence-corrected chi connectivity index (χ2v) is 7.85. The van der Waals surface area contributed by atoms with E-state index in [9.17, 15) is 4.39 Å². The molecule has 0 spiro atoms. The van der Waals surface area contributed by atoms with Crippen molar-refractivity contribution in [2.24, 2.45) is 0 Å². The van der Waals surface area contributed by atoms with Crippen molar-refractivity contribution in [3.63, 3.8) is 0 Å². The SMILES string of the molecule is [2H]c1nc(N([2H])C2([2H])CCN(C([2H])c3ccc(F)c(Cl)c3)CC2)c2c([2H])c(Cl)sc2n1. The number of likely N-dealkylation sites (tertiary alicyclic amines) is 1. The second kappa shape index (κ2) is 7.64. The molecule has 0 saturated carbocycles. The molecule has 1 aliphatic heterocycles. The Hall–Kier alpha value is -1.47. The molecule has 1 unspecified atom stereocenters. The highest BCUT2D eigenvalue weighted by molar-refractivity contribution is 7.22. The highest BCUT2D eigenvalue weighted by Crippen LogP contribution is 2.32. The lowest BCUT2D eigenvalue weighted by molar-refractivity contribution is 0.211. The van der Waals surface area contributed by atoms with E-state index in [0.29, 0.717) is 23.5 Å². The van der Waals surface area contributed by atoms with Crippen LogP contribution in [0.5, 0.6) is 0 Å². The van der Waals surface area contributed by atoms with Gasteiger partial charge in [-0.1, -0.05) is 29.3 Å². The zero-order chi connectivity index (χ0) is 22.5. The number of nitrogens with one attached hydrogen (secondary N) is 1. The summed E-state index contributed by atoms with van der Waals surface area (Å²) >= 11 is 12.9. The van der Waals surface area contributed by atoms with Crippen LogP contribution in [0.3, 0.4) is 0 Å². The van der Waals surface area contributed by atoms with Gasteiger partial charge in [-0.2, -0.15) is 0 Å². The topological polar surface area (TPSA) is 41.1 Å². The van der Waals surface area contributed by atoms with Crippen LogP contribution < -0.4 is 5.31 Å². The van der Waals surface area contributed by atoms with Gasteiger partial charge in [0.05, 0.1) is 17.5 Å². The van der Waals surface area contributed by atoms with Crippen molar-refractivity contribution in [1.82, 2.24) is 14.9 Å². The number of piperidine rings is 1. The molecule has 0 aliphatic carbocycles. The number of hydrogen-bond donors (Lipinski definition) is 1. The van der Waals surface area contributed by atoms with E-state index in [1.54, 1.807) is 0 Å². The fourth-order valence-electron chi connectivity index (χ4n) is 2.77. The highest BCUT2D eigenvalue weighted by Gasteiger charge is 2.21. The van der Waals surface area contributed by atoms with Crippen LogP contribution >= 0.6 is 34.5 Å². The van der Waals surface area contributed by atoms with Crippen LogP contribution in [0.25, 0.3) is 10.2 Å². The van der Waals surface area contributed by atoms with Crippen molar-refractivity contribution < 1.29 is 11.3 Å². The molecular formula is C18H17Cl2FN4S. The van der Waals surface area contributed by atoms with Crippen molar-refractivity contribution in [3.8, 4) is 0 Å². The molecule has 3 heterocycles. The largest absolute Gasteiger partial charge is 0.367 e. The summed E-state index contributed by atoms with van der Waals surface area (Å²) in [5, 5.41) is 1.15. The van der Waals surface area contributed by atoms with Gasteiger partial charge >= 0.3 is 0 Å². The summed E-state index contributed by atoms with van der Waals surface area (Å²) in [5.74, 6) is -0.530. The summed E-state index contributed by atoms with van der Waals surface area (Å²) in [5.41, 5.74) is 0.551. The number of fused-ring (bicyclic) bond motifs is 1. The first kappa shape index (κ1) is 12.8. The van der Waals surface area contributed by atoms with Gasteiger partial charge in [-0.3, -0.25) is 4.90 Å². The Morgan fingerprint density at radius 2 is 2.23 bits per heavy atom. The Labute approximate surface area is 172 Å². The summed E-state index contributed by atoms with van der Waals surface area (Å²) in [6, 6.07) is 2.78. The van der Waals surface area contributed by atoms with Gasteiger partial charge in [-0.25, -0.2) is 14.4 Å². The van der Waals surface area contributed by atoms with E-state index in [1.807, 2.05) is 4.90 Å². The zero-order valence-corrected chi connectivity index (χ0v) is 15.8. The van der Waals surface area contributed by atoms with E-state index in [0.717, 1.165) is 16.6 Å². The van der Waals surface area contributed by atoms with Crippen molar-refractivity contribution in [3.05, 3.63) is 51.3 Å². The average molecular weight is 416 g/mol. The van der Waals surface area contributed by atoms with Gasteiger partial charge in [0.15, 0.2) is 1.41 Å². The molecule has 0 amide bonds. The van der Waals surface area contributed by atoms with E-state index in [1.165, 1.54) is 18.2 Å². The molecule has 3 aromatic rings. The molecule has 1 fully saturated rings. The van der Waals surface area contributed by atoms with E-state index in [4.69, 9.17) is 30.1 Å². The number of nitrogens with zero attached hydrogens (tertiary/aromatic N) is 3. The first-order valence-corrected chi connectivity index (χ1v) is 9.51. The number of thiophene rings is 1. The lowest BCUT2D eigenvalue weighted by Gasteiger charge is -2.32. The Morgan fingerprint density at radius 3 is 3.00 bits per heavy atom. The molecule has 136 valence electrons. The maximum atomic E-state index is 13.4. The molecule has 1 saturated heterocycles. The summed E-state index contributed by atoms with van der Waals surface area (Å²) in [6.07, 6.45) is 0.147. The average Bonchev–Trinajstić information content (AvgIpc) is 3.02. The fourth-order valence-corrected chi connectivity index (χ4v) is 3.93. The van der Waals surface area contributed by atoms with Crippen molar-refractivity contribution in [1.29, 1.82) is 0 Å². The monoisotopic (exact) mass is 415 g/mol. The lowest BCUT2D eigenvalue weighted by atomic mass is 10.0. The van der Waals surface area contributed by atoms with Crippen LogP contribution in [0.2, 0.25) is 10.8 Å². The van der Waals surface area contributed by atoms with Crippen LogP contribution in [0.1, 0.15) is 23.9 Å². The Kier molecular flexibility index (Phi) is 3.77. The number of anilines is 1. The van der Waals surface area contributed by atoms with Gasteiger partial charge in [0.25, 0.3) is 0 Å². The minimum Gasteiger partial charge on any atom is -0.367 e. The van der Waals surface area contributed by atoms with Gasteiger partial charge < -0.3 is 5.31 Å². The van der Waals surface area contributed by atoms with E-state index in [2.05, 4.69) is 9.97 Å². The van der Waals surface area contributed by atoms with Crippen LogP contribution in [-0.4, -0.2) is 34.0 Å². The summed E-state index contributed by atoms with van der Waals surface area (Å²) in [7, 11) is 0. The van der Waals surface area contributed by atoms with Gasteiger partial charge in [0.2, 0.25) is 0 Å². The molecule has 0 radical (unpaired) electrons. The Morgan fingerprint density at radius 1 is 1.42 bits per heavy atom. The van der Waals surface area contributed by atoms with Crippen molar-refractivity contribution in [2.75, 3.05) is 18.4 Å². The zero-order valence-electron chi connectivity index (χ0n) is 18.5. The van der Waals surface area contributed by atoms with Gasteiger partial charge in [0.1, 0.15) is 24.1 Å². The smallest absolute Gasteiger partial charge is 0.162 e. The normalized spacial score (nSPS) is 21.4. The second-order valence-electron chi connectivity index (χ2n) is 5.84. The van der Waals surface area contributed by atoms with Gasteiger partial charge in [-0.05, 0) is 36.6 Å². The Bertz CT molecular complexity index is 1140. The third-order valence-corrected chi connectivity index (χ3v) is 5.45. The summed E-state index contributed by atoms with van der Waals surface area (Å²) in [6.45, 7) is -0.0764. The maximum Gasteiger partial charge on any atom is 0.162 e. The molecule has 0 bridgehead atoms. The van der Waals surface area contributed by atoms with Crippen molar-refractivity contribution in [2.45, 2.75) is 25.4 Å². The number of hydrogen-bond acceptors (Lipinski definition) is 5. The van der Waals surface area contributed by atoms with Crippen molar-refractivity contribution >= 4 is 50.6 Å². The van der Waals surface area contributed by atoms with E-state index in [-0.39, 0.29) is 45.8 Å². The molecule has 4 rings (SSSR count). The van der Waals surface area contributed by atoms with E-state index >= 15 is 0 Å². The van der Waals surface area contributed by atoms with Crippen LogP contribution in [0, 0.1) is 5.82 Å². The highest BCUT2D eigenvalue weighted by atomic mass is 35.5. The van der Waals surface area contributed by atoms with Gasteiger partial charge in [-0.15, -0.1) is 11.3 Å². The van der Waals surface area contributed by atoms with Gasteiger partial charge in [0, 0.05) is 27.0 Å². The molecule has 8 heteroatoms. The van der Waals surface area contributed by atoms with E-state index < -0.39 is 18.4 Å². The molecule has 1 aromatic carbocycles. The predicted octanol–water partition coefficient (Wildman–Crippen LogP) is 5.21. The molecule has 4 nitrogen and oxygen atoms in total. The number of aromatic nitrogens is 2. The number of halogens is 3. The van der Waals surface area contributed by atoms with Crippen LogP contribution in [-0.2, 0) is 6.52 Å². The maximum absolute atomic E-state index is 13.4. The predicted molar refractivity (Wildman–Crippen MR) is 106 cm³/mol. The first-order chi connectivity index (χ1) is 14.6. The third-order valence-electron chi connectivity index (χ3n) is 4.07. The van der Waals surface area contributed by atoms with Crippen LogP contribution in [0.15, 0.2) is 30.5 Å². The lowest BCUT2D eigenvalue weighted by Crippen LogP contribution is -2.38. The minimum atomic E-state index is -1.37. The minimum absolute atomic E-state index is 0.0133. The fraction of sp³-hybridized carbons (Fsp3) is 0.333. The Balaban J connectivity index is 1.56. The molecule has 1 atom stereocenters. The number of rotatable bonds is 4.